The molecule has 0 aliphatic heterocycles. The van der Waals surface area contributed by atoms with Crippen molar-refractivity contribution in [2.75, 3.05) is 13.2 Å². The number of benzene rings is 1. The lowest BCUT2D eigenvalue weighted by Crippen LogP contribution is -2.47. The fraction of sp³-hybridized carbons (Fsp3) is 0.562. The van der Waals surface area contributed by atoms with Crippen LogP contribution in [0.3, 0.4) is 0 Å². The van der Waals surface area contributed by atoms with Gasteiger partial charge in [0, 0.05) is 5.56 Å². The molecule has 0 aliphatic rings. The van der Waals surface area contributed by atoms with Gasteiger partial charge in [-0.2, -0.15) is 0 Å². The Labute approximate surface area is 128 Å². The van der Waals surface area contributed by atoms with Crippen LogP contribution in [0.1, 0.15) is 31.1 Å². The molecule has 0 unspecified atom stereocenters. The molecule has 0 bridgehead atoms. The second-order valence-corrected chi connectivity index (χ2v) is 11.6. The first-order chi connectivity index (χ1) is 9.67. The fourth-order valence-corrected chi connectivity index (χ4v) is 2.57. The summed E-state index contributed by atoms with van der Waals surface area (Å²) in [6.07, 6.45) is 0. The van der Waals surface area contributed by atoms with Crippen molar-refractivity contribution in [3.8, 4) is 0 Å². The van der Waals surface area contributed by atoms with E-state index in [1.165, 1.54) is 0 Å². The van der Waals surface area contributed by atoms with Crippen LogP contribution in [0.2, 0.25) is 18.1 Å². The maximum absolute atomic E-state index is 12.1. The van der Waals surface area contributed by atoms with E-state index in [1.807, 2.05) is 18.2 Å². The number of hydrogen-bond donors (Lipinski definition) is 2. The van der Waals surface area contributed by atoms with Gasteiger partial charge < -0.3 is 14.8 Å². The van der Waals surface area contributed by atoms with Crippen LogP contribution in [0.25, 0.3) is 0 Å². The van der Waals surface area contributed by atoms with Crippen molar-refractivity contribution in [1.82, 2.24) is 5.32 Å². The van der Waals surface area contributed by atoms with E-state index in [1.54, 1.807) is 12.1 Å². The van der Waals surface area contributed by atoms with Crippen molar-refractivity contribution in [2.24, 2.45) is 0 Å². The molecule has 1 atom stereocenters. The molecule has 0 heterocycles. The van der Waals surface area contributed by atoms with E-state index >= 15 is 0 Å². The second-order valence-electron chi connectivity index (χ2n) is 6.79. The minimum absolute atomic E-state index is 0.108. The first kappa shape index (κ1) is 17.9. The number of aliphatic hydroxyl groups is 1. The van der Waals surface area contributed by atoms with Crippen LogP contribution in [-0.4, -0.2) is 38.6 Å². The number of nitrogens with one attached hydrogen (secondary N) is 1. The molecule has 1 rings (SSSR count). The predicted molar refractivity (Wildman–Crippen MR) is 87.9 cm³/mol. The highest BCUT2D eigenvalue weighted by molar-refractivity contribution is 6.74. The average Bonchev–Trinajstić information content (AvgIpc) is 2.43. The lowest BCUT2D eigenvalue weighted by atomic mass is 10.2. The van der Waals surface area contributed by atoms with Gasteiger partial charge in [-0.15, -0.1) is 0 Å². The van der Waals surface area contributed by atoms with Crippen molar-refractivity contribution in [1.29, 1.82) is 0 Å². The Morgan fingerprint density at radius 1 is 1.29 bits per heavy atom. The molecule has 1 amide bonds. The lowest BCUT2D eigenvalue weighted by molar-refractivity contribution is 0.0883. The molecule has 0 spiro atoms. The van der Waals surface area contributed by atoms with E-state index in [-0.39, 0.29) is 23.6 Å². The van der Waals surface area contributed by atoms with Crippen molar-refractivity contribution in [3.05, 3.63) is 35.9 Å². The zero-order valence-corrected chi connectivity index (χ0v) is 14.6. The lowest BCUT2D eigenvalue weighted by Gasteiger charge is -2.37. The van der Waals surface area contributed by atoms with Gasteiger partial charge in [0.05, 0.1) is 19.3 Å². The fourth-order valence-electron chi connectivity index (χ4n) is 1.52. The monoisotopic (exact) mass is 309 g/mol. The molecular formula is C16H27NO3Si. The summed E-state index contributed by atoms with van der Waals surface area (Å²) in [5.74, 6) is -0.187. The molecule has 1 aromatic carbocycles. The molecule has 0 radical (unpaired) electrons. The van der Waals surface area contributed by atoms with Crippen molar-refractivity contribution < 1.29 is 14.3 Å². The highest BCUT2D eigenvalue weighted by atomic mass is 28.4. The number of amides is 1. The first-order valence-corrected chi connectivity index (χ1v) is 10.2. The highest BCUT2D eigenvalue weighted by Gasteiger charge is 2.37. The SMILES string of the molecule is CC(C)(C)[Si](C)(C)OC[C@H](CO)NC(=O)c1ccccc1. The summed E-state index contributed by atoms with van der Waals surface area (Å²) in [5.41, 5.74) is 0.586. The van der Waals surface area contributed by atoms with Gasteiger partial charge in [0.15, 0.2) is 8.32 Å². The molecule has 0 fully saturated rings. The van der Waals surface area contributed by atoms with E-state index < -0.39 is 8.32 Å². The Kier molecular flexibility index (Phi) is 6.13. The molecule has 5 heteroatoms. The van der Waals surface area contributed by atoms with Gasteiger partial charge in [-0.25, -0.2) is 0 Å². The van der Waals surface area contributed by atoms with Crippen molar-refractivity contribution in [2.45, 2.75) is 44.9 Å². The molecule has 0 saturated heterocycles. The number of aliphatic hydroxyl groups excluding tert-OH is 1. The topological polar surface area (TPSA) is 58.6 Å². The molecule has 0 saturated carbocycles. The number of hydrogen-bond acceptors (Lipinski definition) is 3. The molecule has 118 valence electrons. The quantitative estimate of drug-likeness (QED) is 0.794. The Morgan fingerprint density at radius 2 is 1.86 bits per heavy atom. The third-order valence-corrected chi connectivity index (χ3v) is 8.54. The Morgan fingerprint density at radius 3 is 2.33 bits per heavy atom. The van der Waals surface area contributed by atoms with E-state index in [9.17, 15) is 9.90 Å². The summed E-state index contributed by atoms with van der Waals surface area (Å²) in [6.45, 7) is 11.0. The predicted octanol–water partition coefficient (Wildman–Crippen LogP) is 2.80. The van der Waals surface area contributed by atoms with Crippen molar-refractivity contribution in [3.63, 3.8) is 0 Å². The zero-order valence-electron chi connectivity index (χ0n) is 13.6. The van der Waals surface area contributed by atoms with Gasteiger partial charge in [-0.1, -0.05) is 39.0 Å². The molecule has 4 nitrogen and oxygen atoms in total. The van der Waals surface area contributed by atoms with Crippen LogP contribution in [0.5, 0.6) is 0 Å². The summed E-state index contributed by atoms with van der Waals surface area (Å²) < 4.78 is 6.05. The van der Waals surface area contributed by atoms with Crippen LogP contribution in [0.4, 0.5) is 0 Å². The minimum atomic E-state index is -1.88. The van der Waals surface area contributed by atoms with Crippen LogP contribution in [-0.2, 0) is 4.43 Å². The largest absolute Gasteiger partial charge is 0.415 e. The molecule has 1 aromatic rings. The van der Waals surface area contributed by atoms with E-state index in [2.05, 4.69) is 39.2 Å². The maximum Gasteiger partial charge on any atom is 0.251 e. The minimum Gasteiger partial charge on any atom is -0.415 e. The summed E-state index contributed by atoms with van der Waals surface area (Å²) in [6, 6.07) is 8.61. The Balaban J connectivity index is 2.59. The van der Waals surface area contributed by atoms with Gasteiger partial charge in [-0.3, -0.25) is 4.79 Å². The summed E-state index contributed by atoms with van der Waals surface area (Å²) in [7, 11) is -1.88. The van der Waals surface area contributed by atoms with Gasteiger partial charge in [0.25, 0.3) is 5.91 Å². The summed E-state index contributed by atoms with van der Waals surface area (Å²) >= 11 is 0. The average molecular weight is 309 g/mol. The standard InChI is InChI=1S/C16H27NO3Si/c1-16(2,3)21(4,5)20-12-14(11-18)17-15(19)13-9-7-6-8-10-13/h6-10,14,18H,11-12H2,1-5H3,(H,17,19)/t14-/m0/s1. The van der Waals surface area contributed by atoms with Crippen molar-refractivity contribution >= 4 is 14.2 Å². The maximum atomic E-state index is 12.1. The van der Waals surface area contributed by atoms with Crippen LogP contribution in [0.15, 0.2) is 30.3 Å². The van der Waals surface area contributed by atoms with E-state index in [4.69, 9.17) is 4.43 Å². The Hall–Kier alpha value is -1.17. The second kappa shape index (κ2) is 7.20. The first-order valence-electron chi connectivity index (χ1n) is 7.28. The van der Waals surface area contributed by atoms with Gasteiger partial charge >= 0.3 is 0 Å². The summed E-state index contributed by atoms with van der Waals surface area (Å²) in [5, 5.41) is 12.4. The number of rotatable bonds is 6. The van der Waals surface area contributed by atoms with E-state index in [0.717, 1.165) is 0 Å². The summed E-state index contributed by atoms with van der Waals surface area (Å²) in [4.78, 5) is 12.1. The number of carbonyl (C=O) groups excluding carboxylic acids is 1. The molecule has 0 aliphatic carbocycles. The number of carbonyl (C=O) groups is 1. The smallest absolute Gasteiger partial charge is 0.251 e. The molecule has 0 aromatic heterocycles. The molecule has 2 N–H and O–H groups in total. The van der Waals surface area contributed by atoms with E-state index in [0.29, 0.717) is 12.2 Å². The third-order valence-electron chi connectivity index (χ3n) is 4.04. The highest BCUT2D eigenvalue weighted by Crippen LogP contribution is 2.36. The third kappa shape index (κ3) is 5.26. The Bertz CT molecular complexity index is 454. The normalized spacial score (nSPS) is 13.8. The van der Waals surface area contributed by atoms with Gasteiger partial charge in [0.1, 0.15) is 0 Å². The van der Waals surface area contributed by atoms with Crippen LogP contribution < -0.4 is 5.32 Å². The van der Waals surface area contributed by atoms with Crippen LogP contribution >= 0.6 is 0 Å². The van der Waals surface area contributed by atoms with Gasteiger partial charge in [-0.05, 0) is 30.3 Å². The molecule has 21 heavy (non-hydrogen) atoms. The zero-order chi connectivity index (χ0) is 16.1. The van der Waals surface area contributed by atoms with Crippen LogP contribution in [0, 0.1) is 0 Å². The molecular weight excluding hydrogens is 282 g/mol. The van der Waals surface area contributed by atoms with Gasteiger partial charge in [0.2, 0.25) is 0 Å².